The molecule has 1 N–H and O–H groups in total. The first kappa shape index (κ1) is 13.5. The van der Waals surface area contributed by atoms with Crippen LogP contribution >= 0.6 is 15.9 Å². The second-order valence-electron chi connectivity index (χ2n) is 5.29. The Morgan fingerprint density at radius 2 is 2.39 bits per heavy atom. The molecule has 0 saturated heterocycles. The minimum atomic E-state index is -0.654. The average molecular weight is 312 g/mol. The minimum Gasteiger partial charge on any atom is -0.481 e. The molecule has 2 atom stereocenters. The van der Waals surface area contributed by atoms with Gasteiger partial charge in [0, 0.05) is 16.9 Å². The number of rotatable bonds is 4. The van der Waals surface area contributed by atoms with Gasteiger partial charge in [-0.25, -0.2) is 0 Å². The van der Waals surface area contributed by atoms with E-state index in [1.54, 1.807) is 12.4 Å². The van der Waals surface area contributed by atoms with E-state index in [1.165, 1.54) is 0 Å². The maximum absolute atomic E-state index is 11.6. The zero-order chi connectivity index (χ0) is 13.2. The van der Waals surface area contributed by atoms with Gasteiger partial charge < -0.3 is 5.11 Å². The molecule has 1 saturated carbocycles. The Morgan fingerprint density at radius 1 is 1.61 bits per heavy atom. The van der Waals surface area contributed by atoms with Crippen molar-refractivity contribution in [1.82, 2.24) is 4.98 Å². The van der Waals surface area contributed by atoms with E-state index in [2.05, 4.69) is 27.8 Å². The Kier molecular flexibility index (Phi) is 4.05. The van der Waals surface area contributed by atoms with Crippen LogP contribution in [0.2, 0.25) is 0 Å². The highest BCUT2D eigenvalue weighted by molar-refractivity contribution is 9.10. The van der Waals surface area contributed by atoms with Crippen molar-refractivity contribution >= 4 is 21.9 Å². The van der Waals surface area contributed by atoms with E-state index in [1.807, 2.05) is 6.07 Å². The van der Waals surface area contributed by atoms with Crippen LogP contribution < -0.4 is 0 Å². The van der Waals surface area contributed by atoms with Crippen molar-refractivity contribution in [3.8, 4) is 0 Å². The quantitative estimate of drug-likeness (QED) is 0.923. The maximum Gasteiger partial charge on any atom is 0.309 e. The van der Waals surface area contributed by atoms with Gasteiger partial charge in [0.15, 0.2) is 0 Å². The highest BCUT2D eigenvalue weighted by Gasteiger charge is 2.44. The summed E-state index contributed by atoms with van der Waals surface area (Å²) < 4.78 is 0.908. The summed E-state index contributed by atoms with van der Waals surface area (Å²) in [5.74, 6) is -0.0976. The van der Waals surface area contributed by atoms with Crippen LogP contribution in [0, 0.1) is 11.3 Å². The number of aromatic nitrogens is 1. The Hall–Kier alpha value is -0.900. The monoisotopic (exact) mass is 311 g/mol. The number of aliphatic carboxylic acids is 1. The molecule has 1 heterocycles. The summed E-state index contributed by atoms with van der Waals surface area (Å²) in [7, 11) is 0. The lowest BCUT2D eigenvalue weighted by Crippen LogP contribution is -2.30. The van der Waals surface area contributed by atoms with Crippen molar-refractivity contribution in [3.05, 3.63) is 28.5 Å². The SMILES string of the molecule is CCC1CCC(Cc2cncc(Br)c2)(C(=O)O)C1. The van der Waals surface area contributed by atoms with Crippen LogP contribution in [0.25, 0.3) is 0 Å². The van der Waals surface area contributed by atoms with Crippen LogP contribution in [-0.2, 0) is 11.2 Å². The summed E-state index contributed by atoms with van der Waals surface area (Å²) >= 11 is 3.38. The number of hydrogen-bond acceptors (Lipinski definition) is 2. The van der Waals surface area contributed by atoms with Gasteiger partial charge in [-0.15, -0.1) is 0 Å². The Bertz CT molecular complexity index is 449. The minimum absolute atomic E-state index is 0.557. The standard InChI is InChI=1S/C14H18BrNO2/c1-2-10-3-4-14(6-10,13(17)18)7-11-5-12(15)9-16-8-11/h5,8-10H,2-4,6-7H2,1H3,(H,17,18). The summed E-state index contributed by atoms with van der Waals surface area (Å²) in [6, 6.07) is 1.97. The van der Waals surface area contributed by atoms with Gasteiger partial charge in [0.05, 0.1) is 5.41 Å². The number of pyridine rings is 1. The third-order valence-corrected chi connectivity index (χ3v) is 4.48. The first-order valence-electron chi connectivity index (χ1n) is 6.38. The van der Waals surface area contributed by atoms with E-state index in [0.717, 1.165) is 35.7 Å². The first-order chi connectivity index (χ1) is 8.55. The second kappa shape index (κ2) is 5.39. The van der Waals surface area contributed by atoms with Crippen LogP contribution in [0.15, 0.2) is 22.9 Å². The molecule has 0 spiro atoms. The predicted octanol–water partition coefficient (Wildman–Crippen LogP) is 3.67. The zero-order valence-electron chi connectivity index (χ0n) is 10.5. The van der Waals surface area contributed by atoms with E-state index in [4.69, 9.17) is 0 Å². The van der Waals surface area contributed by atoms with Crippen LogP contribution in [0.3, 0.4) is 0 Å². The van der Waals surface area contributed by atoms with Crippen molar-refractivity contribution in [2.75, 3.05) is 0 Å². The molecule has 2 rings (SSSR count). The van der Waals surface area contributed by atoms with Crippen molar-refractivity contribution < 1.29 is 9.90 Å². The normalized spacial score (nSPS) is 27.3. The number of carbonyl (C=O) groups is 1. The van der Waals surface area contributed by atoms with Gasteiger partial charge >= 0.3 is 5.97 Å². The molecular weight excluding hydrogens is 294 g/mol. The number of nitrogens with zero attached hydrogens (tertiary/aromatic N) is 1. The lowest BCUT2D eigenvalue weighted by atomic mass is 9.79. The summed E-state index contributed by atoms with van der Waals surface area (Å²) in [5.41, 5.74) is 0.423. The van der Waals surface area contributed by atoms with E-state index in [-0.39, 0.29) is 0 Å². The number of carboxylic acid groups (broad SMARTS) is 1. The van der Waals surface area contributed by atoms with Gasteiger partial charge in [0.2, 0.25) is 0 Å². The number of hydrogen-bond donors (Lipinski definition) is 1. The van der Waals surface area contributed by atoms with Gasteiger partial charge in [-0.2, -0.15) is 0 Å². The fraction of sp³-hybridized carbons (Fsp3) is 0.571. The first-order valence-corrected chi connectivity index (χ1v) is 7.18. The van der Waals surface area contributed by atoms with Crippen molar-refractivity contribution in [2.45, 2.75) is 39.0 Å². The largest absolute Gasteiger partial charge is 0.481 e. The highest BCUT2D eigenvalue weighted by Crippen LogP contribution is 2.45. The number of halogens is 1. The van der Waals surface area contributed by atoms with Crippen LogP contribution in [0.4, 0.5) is 0 Å². The van der Waals surface area contributed by atoms with Crippen LogP contribution in [0.1, 0.15) is 38.2 Å². The maximum atomic E-state index is 11.6. The molecule has 4 heteroatoms. The third kappa shape index (κ3) is 2.74. The fourth-order valence-electron chi connectivity index (χ4n) is 2.96. The molecule has 2 unspecified atom stereocenters. The zero-order valence-corrected chi connectivity index (χ0v) is 12.1. The summed E-state index contributed by atoms with van der Waals surface area (Å²) in [4.78, 5) is 15.8. The molecule has 0 bridgehead atoms. The molecule has 0 aliphatic heterocycles. The van der Waals surface area contributed by atoms with Gasteiger partial charge in [-0.05, 0) is 59.2 Å². The van der Waals surface area contributed by atoms with Crippen LogP contribution in [0.5, 0.6) is 0 Å². The Morgan fingerprint density at radius 3 is 2.94 bits per heavy atom. The molecule has 0 amide bonds. The molecule has 3 nitrogen and oxygen atoms in total. The van der Waals surface area contributed by atoms with Gasteiger partial charge in [0.1, 0.15) is 0 Å². The van der Waals surface area contributed by atoms with Gasteiger partial charge in [-0.3, -0.25) is 9.78 Å². The summed E-state index contributed by atoms with van der Waals surface area (Å²) in [5, 5.41) is 9.58. The smallest absolute Gasteiger partial charge is 0.309 e. The predicted molar refractivity (Wildman–Crippen MR) is 73.3 cm³/mol. The number of carboxylic acids is 1. The van der Waals surface area contributed by atoms with Crippen molar-refractivity contribution in [1.29, 1.82) is 0 Å². The molecule has 1 aromatic rings. The molecule has 1 aliphatic carbocycles. The molecule has 18 heavy (non-hydrogen) atoms. The molecule has 0 aromatic carbocycles. The molecule has 1 aliphatic rings. The Balaban J connectivity index is 2.20. The summed E-state index contributed by atoms with van der Waals surface area (Å²) in [6.45, 7) is 2.14. The highest BCUT2D eigenvalue weighted by atomic mass is 79.9. The van der Waals surface area contributed by atoms with E-state index in [0.29, 0.717) is 12.3 Å². The molecule has 1 aromatic heterocycles. The fourth-order valence-corrected chi connectivity index (χ4v) is 3.37. The molecular formula is C14H18BrNO2. The Labute approximate surface area is 116 Å². The molecule has 1 fully saturated rings. The van der Waals surface area contributed by atoms with E-state index < -0.39 is 11.4 Å². The van der Waals surface area contributed by atoms with Gasteiger partial charge in [0.25, 0.3) is 0 Å². The lowest BCUT2D eigenvalue weighted by molar-refractivity contribution is -0.148. The molecule has 0 radical (unpaired) electrons. The lowest BCUT2D eigenvalue weighted by Gasteiger charge is -2.24. The molecule has 98 valence electrons. The van der Waals surface area contributed by atoms with E-state index in [9.17, 15) is 9.90 Å². The van der Waals surface area contributed by atoms with Crippen molar-refractivity contribution in [3.63, 3.8) is 0 Å². The average Bonchev–Trinajstić information content (AvgIpc) is 2.74. The van der Waals surface area contributed by atoms with Crippen LogP contribution in [-0.4, -0.2) is 16.1 Å². The van der Waals surface area contributed by atoms with Gasteiger partial charge in [-0.1, -0.05) is 13.3 Å². The van der Waals surface area contributed by atoms with E-state index >= 15 is 0 Å². The van der Waals surface area contributed by atoms with Crippen molar-refractivity contribution in [2.24, 2.45) is 11.3 Å². The second-order valence-corrected chi connectivity index (χ2v) is 6.21. The summed E-state index contributed by atoms with van der Waals surface area (Å²) in [6.07, 6.45) is 7.77. The third-order valence-electron chi connectivity index (χ3n) is 4.05. The topological polar surface area (TPSA) is 50.2 Å².